The molecule has 0 unspecified atom stereocenters. The molecule has 5 rings (SSSR count). The molecule has 2 saturated heterocycles. The summed E-state index contributed by atoms with van der Waals surface area (Å²) in [6, 6.07) is 11.7. The lowest BCUT2D eigenvalue weighted by Gasteiger charge is -2.43. The number of aromatic nitrogens is 1. The van der Waals surface area contributed by atoms with E-state index in [1.165, 1.54) is 24.4 Å². The van der Waals surface area contributed by atoms with Crippen molar-refractivity contribution in [2.45, 2.75) is 32.0 Å². The van der Waals surface area contributed by atoms with E-state index in [2.05, 4.69) is 40.9 Å². The number of nitrogens with zero attached hydrogens (tertiary/aromatic N) is 4. The van der Waals surface area contributed by atoms with Crippen molar-refractivity contribution in [1.82, 2.24) is 20.1 Å². The number of rotatable bonds is 7. The Kier molecular flexibility index (Phi) is 9.58. The highest BCUT2D eigenvalue weighted by molar-refractivity contribution is 9.10. The Morgan fingerprint density at radius 3 is 2.38 bits per heavy atom. The summed E-state index contributed by atoms with van der Waals surface area (Å²) in [5.41, 5.74) is 1.79. The van der Waals surface area contributed by atoms with Crippen LogP contribution in [0.2, 0.25) is 10.0 Å². The van der Waals surface area contributed by atoms with E-state index in [9.17, 15) is 13.6 Å². The minimum Gasteiger partial charge on any atom is -0.353 e. The molecule has 11 heteroatoms. The van der Waals surface area contributed by atoms with Gasteiger partial charge in [0.25, 0.3) is 5.91 Å². The van der Waals surface area contributed by atoms with Gasteiger partial charge in [0.05, 0.1) is 15.6 Å². The average molecular weight is 653 g/mol. The molecule has 2 fully saturated rings. The number of nitrogens with one attached hydrogen (secondary N) is 1. The number of benzene rings is 2. The van der Waals surface area contributed by atoms with E-state index in [0.29, 0.717) is 34.6 Å². The molecule has 2 aromatic carbocycles. The van der Waals surface area contributed by atoms with E-state index < -0.39 is 5.82 Å². The van der Waals surface area contributed by atoms with E-state index in [-0.39, 0.29) is 23.3 Å². The molecule has 3 aromatic rings. The number of piperazine rings is 1. The van der Waals surface area contributed by atoms with Crippen molar-refractivity contribution in [3.63, 3.8) is 0 Å². The van der Waals surface area contributed by atoms with Gasteiger partial charge in [0.15, 0.2) is 0 Å². The summed E-state index contributed by atoms with van der Waals surface area (Å²) in [7, 11) is 0. The van der Waals surface area contributed by atoms with Crippen LogP contribution < -0.4 is 10.2 Å². The van der Waals surface area contributed by atoms with Gasteiger partial charge in [-0.2, -0.15) is 0 Å². The lowest BCUT2D eigenvalue weighted by Crippen LogP contribution is -2.53. The Balaban J connectivity index is 1.09. The van der Waals surface area contributed by atoms with Crippen molar-refractivity contribution in [3.8, 4) is 0 Å². The van der Waals surface area contributed by atoms with Gasteiger partial charge >= 0.3 is 0 Å². The largest absolute Gasteiger partial charge is 0.353 e. The number of hydrogen-bond donors (Lipinski definition) is 1. The van der Waals surface area contributed by atoms with E-state index in [4.69, 9.17) is 23.2 Å². The van der Waals surface area contributed by atoms with Crippen LogP contribution in [0.15, 0.2) is 53.1 Å². The Bertz CT molecular complexity index is 1360. The average Bonchev–Trinajstić information content (AvgIpc) is 2.95. The predicted molar refractivity (Wildman–Crippen MR) is 158 cm³/mol. The minimum absolute atomic E-state index is 0.0137. The van der Waals surface area contributed by atoms with Gasteiger partial charge in [-0.05, 0) is 61.8 Å². The maximum absolute atomic E-state index is 14.2. The standard InChI is InChI=1S/C29H30BrCl2F2N5O/c30-22-3-2-20(27(34)15-22)18-37-7-5-23(6-8-37)38-9-11-39(12-10-38)28-25(32)14-21(17-35-28)29(40)36-16-19-1-4-26(33)24(31)13-19/h1-4,13-15,17,23H,5-12,16,18H2,(H,36,40). The van der Waals surface area contributed by atoms with Gasteiger partial charge in [0.1, 0.15) is 17.5 Å². The summed E-state index contributed by atoms with van der Waals surface area (Å²) in [6.45, 7) is 6.16. The summed E-state index contributed by atoms with van der Waals surface area (Å²) >= 11 is 15.7. The molecule has 1 N–H and O–H groups in total. The van der Waals surface area contributed by atoms with Crippen LogP contribution in [0.5, 0.6) is 0 Å². The van der Waals surface area contributed by atoms with Crippen LogP contribution in [0.25, 0.3) is 0 Å². The smallest absolute Gasteiger partial charge is 0.253 e. The molecular formula is C29H30BrCl2F2N5O. The van der Waals surface area contributed by atoms with E-state index in [1.807, 2.05) is 12.1 Å². The Morgan fingerprint density at radius 1 is 0.950 bits per heavy atom. The molecule has 0 radical (unpaired) electrons. The van der Waals surface area contributed by atoms with Crippen LogP contribution in [0.3, 0.4) is 0 Å². The number of carbonyl (C=O) groups is 1. The lowest BCUT2D eigenvalue weighted by molar-refractivity contribution is 0.0950. The second kappa shape index (κ2) is 13.1. The number of anilines is 1. The number of halogens is 5. The molecule has 0 saturated carbocycles. The zero-order valence-electron chi connectivity index (χ0n) is 21.9. The van der Waals surface area contributed by atoms with Gasteiger partial charge in [-0.25, -0.2) is 13.8 Å². The fourth-order valence-electron chi connectivity index (χ4n) is 5.35. The van der Waals surface area contributed by atoms with Crippen molar-refractivity contribution in [3.05, 3.63) is 91.5 Å². The van der Waals surface area contributed by atoms with Gasteiger partial charge in [0, 0.05) is 61.5 Å². The van der Waals surface area contributed by atoms with Crippen LogP contribution in [0, 0.1) is 11.6 Å². The second-order valence-electron chi connectivity index (χ2n) is 10.2. The fraction of sp³-hybridized carbons (Fsp3) is 0.379. The van der Waals surface area contributed by atoms with E-state index >= 15 is 0 Å². The predicted octanol–water partition coefficient (Wildman–Crippen LogP) is 6.15. The van der Waals surface area contributed by atoms with Gasteiger partial charge in [-0.1, -0.05) is 51.3 Å². The molecule has 3 heterocycles. The molecule has 0 aliphatic carbocycles. The van der Waals surface area contributed by atoms with Crippen LogP contribution in [0.4, 0.5) is 14.6 Å². The normalized spacial score (nSPS) is 17.3. The maximum Gasteiger partial charge on any atom is 0.253 e. The number of likely N-dealkylation sites (tertiary alicyclic amines) is 1. The van der Waals surface area contributed by atoms with Crippen molar-refractivity contribution in [2.75, 3.05) is 44.2 Å². The highest BCUT2D eigenvalue weighted by Crippen LogP contribution is 2.27. The van der Waals surface area contributed by atoms with Gasteiger partial charge in [-0.15, -0.1) is 0 Å². The SMILES string of the molecule is O=C(NCc1ccc(F)c(Cl)c1)c1cnc(N2CCN(C3CCN(Cc4ccc(Br)cc4F)CC3)CC2)c(Cl)c1. The topological polar surface area (TPSA) is 51.7 Å². The Labute approximate surface area is 251 Å². The Hall–Kier alpha value is -2.30. The molecule has 1 amide bonds. The molecule has 2 aliphatic rings. The van der Waals surface area contributed by atoms with Crippen LogP contribution in [-0.2, 0) is 13.1 Å². The van der Waals surface area contributed by atoms with Crippen LogP contribution >= 0.6 is 39.1 Å². The van der Waals surface area contributed by atoms with Crippen molar-refractivity contribution < 1.29 is 13.6 Å². The number of piperidine rings is 1. The summed E-state index contributed by atoms with van der Waals surface area (Å²) in [6.07, 6.45) is 3.65. The van der Waals surface area contributed by atoms with Gasteiger partial charge in [0.2, 0.25) is 0 Å². The van der Waals surface area contributed by atoms with Crippen molar-refractivity contribution >= 4 is 50.9 Å². The molecule has 0 atom stereocenters. The van der Waals surface area contributed by atoms with E-state index in [0.717, 1.165) is 62.1 Å². The van der Waals surface area contributed by atoms with Crippen molar-refractivity contribution in [1.29, 1.82) is 0 Å². The molecule has 1 aromatic heterocycles. The molecule has 6 nitrogen and oxygen atoms in total. The lowest BCUT2D eigenvalue weighted by atomic mass is 10.0. The molecule has 2 aliphatic heterocycles. The minimum atomic E-state index is -0.500. The number of hydrogen-bond acceptors (Lipinski definition) is 5. The zero-order chi connectivity index (χ0) is 28.2. The maximum atomic E-state index is 14.2. The number of pyridine rings is 1. The molecule has 0 spiro atoms. The van der Waals surface area contributed by atoms with Crippen LogP contribution in [0.1, 0.15) is 34.3 Å². The first-order valence-corrected chi connectivity index (χ1v) is 14.8. The first kappa shape index (κ1) is 29.2. The summed E-state index contributed by atoms with van der Waals surface area (Å²) in [5.74, 6) is -0.307. The number of carbonyl (C=O) groups excluding carboxylic acids is 1. The quantitative estimate of drug-likeness (QED) is 0.332. The first-order chi connectivity index (χ1) is 19.3. The molecular weight excluding hydrogens is 623 g/mol. The van der Waals surface area contributed by atoms with E-state index in [1.54, 1.807) is 12.1 Å². The summed E-state index contributed by atoms with van der Waals surface area (Å²) < 4.78 is 28.4. The summed E-state index contributed by atoms with van der Waals surface area (Å²) in [4.78, 5) is 24.2. The third-order valence-electron chi connectivity index (χ3n) is 7.62. The van der Waals surface area contributed by atoms with Gasteiger partial charge in [-0.3, -0.25) is 14.6 Å². The zero-order valence-corrected chi connectivity index (χ0v) is 25.0. The third-order valence-corrected chi connectivity index (χ3v) is 8.68. The molecule has 0 bridgehead atoms. The molecule has 40 heavy (non-hydrogen) atoms. The third kappa shape index (κ3) is 7.12. The highest BCUT2D eigenvalue weighted by atomic mass is 79.9. The summed E-state index contributed by atoms with van der Waals surface area (Å²) in [5, 5.41) is 3.23. The van der Waals surface area contributed by atoms with Crippen molar-refractivity contribution in [2.24, 2.45) is 0 Å². The monoisotopic (exact) mass is 651 g/mol. The fourth-order valence-corrected chi connectivity index (χ4v) is 6.18. The van der Waals surface area contributed by atoms with Gasteiger partial charge < -0.3 is 10.2 Å². The highest BCUT2D eigenvalue weighted by Gasteiger charge is 2.29. The van der Waals surface area contributed by atoms with Crippen LogP contribution in [-0.4, -0.2) is 66.0 Å². The Morgan fingerprint density at radius 2 is 1.70 bits per heavy atom. The second-order valence-corrected chi connectivity index (χ2v) is 12.0. The number of amides is 1. The first-order valence-electron chi connectivity index (χ1n) is 13.3. The molecule has 212 valence electrons.